The molecule has 0 saturated carbocycles. The molecular formula is C11H13I2N2OS+. The summed E-state index contributed by atoms with van der Waals surface area (Å²) in [5, 5.41) is 1.14. The van der Waals surface area contributed by atoms with Crippen LogP contribution in [0.3, 0.4) is 0 Å². The molecule has 92 valence electrons. The predicted octanol–water partition coefficient (Wildman–Crippen LogP) is 2.50. The zero-order valence-electron chi connectivity index (χ0n) is 9.45. The van der Waals surface area contributed by atoms with E-state index in [0.29, 0.717) is 12.1 Å². The summed E-state index contributed by atoms with van der Waals surface area (Å²) in [7, 11) is 0. The second-order valence-corrected chi connectivity index (χ2v) is 7.10. The van der Waals surface area contributed by atoms with Crippen molar-refractivity contribution in [2.45, 2.75) is 30.6 Å². The van der Waals surface area contributed by atoms with E-state index in [-0.39, 0.29) is 0 Å². The van der Waals surface area contributed by atoms with Gasteiger partial charge in [-0.25, -0.2) is 0 Å². The van der Waals surface area contributed by atoms with Crippen LogP contribution in [-0.2, 0) is 6.42 Å². The maximum absolute atomic E-state index is 6.11. The van der Waals surface area contributed by atoms with Crippen LogP contribution in [0, 0.1) is 6.92 Å². The van der Waals surface area contributed by atoms with Crippen LogP contribution in [-0.4, -0.2) is 25.7 Å². The molecule has 2 atom stereocenters. The van der Waals surface area contributed by atoms with Crippen LogP contribution in [0.15, 0.2) is 5.16 Å². The van der Waals surface area contributed by atoms with Gasteiger partial charge >= 0.3 is 5.16 Å². The second kappa shape index (κ2) is 4.99. The summed E-state index contributed by atoms with van der Waals surface area (Å²) in [4.78, 5) is 4.73. The van der Waals surface area contributed by atoms with Crippen LogP contribution in [0.4, 0.5) is 0 Å². The lowest BCUT2D eigenvalue weighted by atomic mass is 10.1. The van der Waals surface area contributed by atoms with Gasteiger partial charge in [0, 0.05) is 28.0 Å². The Morgan fingerprint density at radius 2 is 2.29 bits per heavy atom. The van der Waals surface area contributed by atoms with Crippen LogP contribution >= 0.6 is 56.9 Å². The third-order valence-corrected chi connectivity index (χ3v) is 6.31. The Labute approximate surface area is 132 Å². The first-order valence-electron chi connectivity index (χ1n) is 5.61. The fourth-order valence-electron chi connectivity index (χ4n) is 2.31. The summed E-state index contributed by atoms with van der Waals surface area (Å²) in [6.07, 6.45) is 1.36. The molecule has 6 heteroatoms. The number of aryl methyl sites for hydroxylation is 1. The van der Waals surface area contributed by atoms with Crippen molar-refractivity contribution in [3.05, 3.63) is 11.3 Å². The molecule has 17 heavy (non-hydrogen) atoms. The maximum Gasteiger partial charge on any atom is 0.362 e. The number of ether oxygens (including phenoxy) is 1. The number of hydrogen-bond donors (Lipinski definition) is 0. The molecule has 2 aliphatic rings. The Kier molecular flexibility index (Phi) is 3.73. The van der Waals surface area contributed by atoms with Crippen molar-refractivity contribution in [2.24, 2.45) is 0 Å². The first-order chi connectivity index (χ1) is 8.24. The van der Waals surface area contributed by atoms with Crippen molar-refractivity contribution in [1.29, 1.82) is 0 Å². The third-order valence-electron chi connectivity index (χ3n) is 3.21. The average Bonchev–Trinajstić information content (AvgIpc) is 2.91. The Morgan fingerprint density at radius 1 is 1.47 bits per heavy atom. The van der Waals surface area contributed by atoms with E-state index in [4.69, 9.17) is 9.72 Å². The van der Waals surface area contributed by atoms with E-state index in [1.807, 2.05) is 11.8 Å². The van der Waals surface area contributed by atoms with E-state index < -0.39 is 0 Å². The number of aromatic nitrogens is 2. The van der Waals surface area contributed by atoms with E-state index in [1.165, 1.54) is 5.56 Å². The number of alkyl halides is 2. The van der Waals surface area contributed by atoms with Gasteiger partial charge in [0.2, 0.25) is 0 Å². The molecule has 2 unspecified atom stereocenters. The van der Waals surface area contributed by atoms with Gasteiger partial charge < -0.3 is 4.74 Å². The van der Waals surface area contributed by atoms with Crippen LogP contribution < -0.4 is 9.30 Å². The minimum Gasteiger partial charge on any atom is -0.457 e. The molecule has 0 spiro atoms. The number of halogens is 2. The molecule has 3 rings (SSSR count). The van der Waals surface area contributed by atoms with Gasteiger partial charge in [-0.3, -0.25) is 0 Å². The van der Waals surface area contributed by atoms with Crippen LogP contribution in [0.25, 0.3) is 0 Å². The van der Waals surface area contributed by atoms with Crippen molar-refractivity contribution in [3.8, 4) is 5.88 Å². The highest BCUT2D eigenvalue weighted by Crippen LogP contribution is 2.35. The van der Waals surface area contributed by atoms with E-state index in [2.05, 4.69) is 56.7 Å². The zero-order chi connectivity index (χ0) is 12.0. The lowest BCUT2D eigenvalue weighted by Crippen LogP contribution is -2.42. The zero-order valence-corrected chi connectivity index (χ0v) is 14.6. The summed E-state index contributed by atoms with van der Waals surface area (Å²) >= 11 is 6.71. The van der Waals surface area contributed by atoms with Gasteiger partial charge in [0.25, 0.3) is 5.88 Å². The molecule has 1 aromatic heterocycles. The monoisotopic (exact) mass is 475 g/mol. The fourth-order valence-corrected chi connectivity index (χ4v) is 5.11. The smallest absolute Gasteiger partial charge is 0.362 e. The lowest BCUT2D eigenvalue weighted by Gasteiger charge is -2.10. The van der Waals surface area contributed by atoms with E-state index >= 15 is 0 Å². The lowest BCUT2D eigenvalue weighted by molar-refractivity contribution is -0.750. The normalized spacial score (nSPS) is 25.6. The first-order valence-corrected chi connectivity index (χ1v) is 9.64. The summed E-state index contributed by atoms with van der Waals surface area (Å²) in [5.41, 5.74) is 2.48. The minimum absolute atomic E-state index is 0.338. The fraction of sp³-hybridized carbons (Fsp3) is 0.636. The van der Waals surface area contributed by atoms with Crippen LogP contribution in [0.5, 0.6) is 5.88 Å². The average molecular weight is 475 g/mol. The Balaban J connectivity index is 2.11. The SMILES string of the molecule is Cc1nc2[n+](c3c1CC(CI)O3)C(CI)CS2. The highest BCUT2D eigenvalue weighted by atomic mass is 127. The molecule has 0 radical (unpaired) electrons. The Bertz CT molecular complexity index is 469. The number of nitrogens with zero attached hydrogens (tertiary/aromatic N) is 2. The molecular weight excluding hydrogens is 462 g/mol. The summed E-state index contributed by atoms with van der Waals surface area (Å²) in [5.74, 6) is 2.23. The van der Waals surface area contributed by atoms with Crippen LogP contribution in [0.2, 0.25) is 0 Å². The molecule has 2 aliphatic heterocycles. The topological polar surface area (TPSA) is 26.0 Å². The number of thioether (sulfide) groups is 1. The Hall–Kier alpha value is 0.690. The largest absolute Gasteiger partial charge is 0.457 e. The standard InChI is InChI=1S/C11H13I2N2OS/c1-6-9-2-8(4-13)16-10(9)15-7(3-12)5-17-11(15)14-6/h7-8H,2-5H2,1H3/q+1. The molecule has 0 N–H and O–H groups in total. The van der Waals surface area contributed by atoms with Crippen molar-refractivity contribution < 1.29 is 9.30 Å². The maximum atomic E-state index is 6.11. The van der Waals surface area contributed by atoms with Gasteiger partial charge in [0.15, 0.2) is 5.69 Å². The molecule has 1 aromatic rings. The minimum atomic E-state index is 0.338. The van der Waals surface area contributed by atoms with Crippen LogP contribution in [0.1, 0.15) is 17.3 Å². The van der Waals surface area contributed by atoms with Crippen molar-refractivity contribution in [2.75, 3.05) is 14.6 Å². The summed E-state index contributed by atoms with van der Waals surface area (Å²) < 4.78 is 10.6. The van der Waals surface area contributed by atoms with Gasteiger partial charge in [-0.05, 0) is 16.7 Å². The molecule has 0 fully saturated rings. The van der Waals surface area contributed by atoms with Gasteiger partial charge in [-0.15, -0.1) is 0 Å². The second-order valence-electron chi connectivity index (χ2n) is 4.35. The molecule has 3 heterocycles. The quantitative estimate of drug-likeness (QED) is 0.285. The van der Waals surface area contributed by atoms with Crippen molar-refractivity contribution in [1.82, 2.24) is 4.98 Å². The highest BCUT2D eigenvalue weighted by Gasteiger charge is 2.41. The third kappa shape index (κ3) is 2.07. The first kappa shape index (κ1) is 12.7. The van der Waals surface area contributed by atoms with Gasteiger partial charge in [0.1, 0.15) is 12.1 Å². The predicted molar refractivity (Wildman–Crippen MR) is 84.8 cm³/mol. The van der Waals surface area contributed by atoms with Gasteiger partial charge in [-0.2, -0.15) is 4.57 Å². The van der Waals surface area contributed by atoms with Crippen molar-refractivity contribution >= 4 is 56.9 Å². The molecule has 0 bridgehead atoms. The highest BCUT2D eigenvalue weighted by molar-refractivity contribution is 14.1. The molecule has 0 saturated heterocycles. The van der Waals surface area contributed by atoms with E-state index in [9.17, 15) is 0 Å². The molecule has 3 nitrogen and oxygen atoms in total. The van der Waals surface area contributed by atoms with E-state index in [1.54, 1.807) is 0 Å². The number of hydrogen-bond acceptors (Lipinski definition) is 3. The van der Waals surface area contributed by atoms with Crippen molar-refractivity contribution in [3.63, 3.8) is 0 Å². The Morgan fingerprint density at radius 3 is 3.00 bits per heavy atom. The van der Waals surface area contributed by atoms with Gasteiger partial charge in [-0.1, -0.05) is 45.2 Å². The molecule has 0 amide bonds. The molecule has 0 aliphatic carbocycles. The summed E-state index contributed by atoms with van der Waals surface area (Å²) in [6.45, 7) is 2.11. The number of fused-ring (bicyclic) bond motifs is 3. The molecule has 0 aromatic carbocycles. The van der Waals surface area contributed by atoms with E-state index in [0.717, 1.165) is 37.8 Å². The number of rotatable bonds is 2. The van der Waals surface area contributed by atoms with Gasteiger partial charge in [0.05, 0.1) is 5.56 Å². The summed E-state index contributed by atoms with van der Waals surface area (Å²) in [6, 6.07) is 0.547.